The Labute approximate surface area is 273 Å². The Balaban J connectivity index is 2.59. The van der Waals surface area contributed by atoms with E-state index < -0.39 is 33.8 Å². The van der Waals surface area contributed by atoms with Crippen LogP contribution in [0.1, 0.15) is 109 Å². The van der Waals surface area contributed by atoms with Crippen LogP contribution < -0.4 is 0 Å². The van der Waals surface area contributed by atoms with Crippen molar-refractivity contribution < 1.29 is 18.3 Å². The van der Waals surface area contributed by atoms with Crippen LogP contribution in [0.5, 0.6) is 0 Å². The minimum atomic E-state index is -1.49. The first kappa shape index (κ1) is 38.1. The highest BCUT2D eigenvalue weighted by Gasteiger charge is 2.26. The smallest absolute Gasteiger partial charge is 0.0917 e. The number of benzene rings is 2. The van der Waals surface area contributed by atoms with Crippen molar-refractivity contribution >= 4 is 21.6 Å². The minimum absolute atomic E-state index is 0.321. The van der Waals surface area contributed by atoms with Gasteiger partial charge in [0.05, 0.1) is 39.9 Å². The van der Waals surface area contributed by atoms with Crippen molar-refractivity contribution in [2.75, 3.05) is 0 Å². The third kappa shape index (κ3) is 13.5. The standard InChI is InChI=1S/C38H56O4S2/c1-7-11-15-18-36(43(40)34-24-20-30(5)21-25-34)29-33(17-13-9-3)42-37(19-14-10-4)38(28-32(39)16-12-8-2)44(41)35-26-22-31(6)23-27-35/h15,18,20-29,32-33,37,39H,7-14,16-17,19H2,1-6H3/b18-15+,36-29-,38-28-/t32-,33-,37?,43-,44-/m0/s1. The van der Waals surface area contributed by atoms with Gasteiger partial charge in [-0.05, 0) is 82.0 Å². The van der Waals surface area contributed by atoms with Crippen molar-refractivity contribution in [2.45, 2.75) is 140 Å². The topological polar surface area (TPSA) is 63.6 Å². The quantitative estimate of drug-likeness (QED) is 0.138. The maximum atomic E-state index is 14.2. The van der Waals surface area contributed by atoms with Gasteiger partial charge in [0.25, 0.3) is 0 Å². The van der Waals surface area contributed by atoms with Crippen molar-refractivity contribution in [1.82, 2.24) is 0 Å². The summed E-state index contributed by atoms with van der Waals surface area (Å²) in [6.45, 7) is 12.6. The molecule has 1 unspecified atom stereocenters. The molecule has 2 rings (SSSR count). The number of aliphatic hydroxyl groups is 1. The van der Waals surface area contributed by atoms with E-state index in [0.717, 1.165) is 78.7 Å². The predicted molar refractivity (Wildman–Crippen MR) is 189 cm³/mol. The van der Waals surface area contributed by atoms with Crippen LogP contribution in [0.2, 0.25) is 0 Å². The van der Waals surface area contributed by atoms with Crippen molar-refractivity contribution in [3.05, 3.63) is 93.8 Å². The summed E-state index contributed by atoms with van der Waals surface area (Å²) in [4.78, 5) is 2.83. The lowest BCUT2D eigenvalue weighted by molar-refractivity contribution is 0.0268. The first-order valence-electron chi connectivity index (χ1n) is 16.6. The number of unbranched alkanes of at least 4 members (excludes halogenated alkanes) is 4. The van der Waals surface area contributed by atoms with E-state index in [2.05, 4.69) is 33.8 Å². The maximum Gasteiger partial charge on any atom is 0.0917 e. The zero-order valence-corrected chi connectivity index (χ0v) is 29.6. The highest BCUT2D eigenvalue weighted by Crippen LogP contribution is 2.28. The van der Waals surface area contributed by atoms with Crippen LogP contribution >= 0.6 is 0 Å². The van der Waals surface area contributed by atoms with Gasteiger partial charge in [-0.25, -0.2) is 8.42 Å². The molecule has 0 fully saturated rings. The number of ether oxygens (including phenoxy) is 1. The summed E-state index contributed by atoms with van der Waals surface area (Å²) >= 11 is 0. The molecule has 0 heterocycles. The number of hydrogen-bond donors (Lipinski definition) is 1. The highest BCUT2D eigenvalue weighted by molar-refractivity contribution is 7.89. The van der Waals surface area contributed by atoms with Crippen molar-refractivity contribution in [2.24, 2.45) is 0 Å². The lowest BCUT2D eigenvalue weighted by Crippen LogP contribution is -2.27. The van der Waals surface area contributed by atoms with Gasteiger partial charge >= 0.3 is 0 Å². The molecular formula is C38H56O4S2. The van der Waals surface area contributed by atoms with Crippen molar-refractivity contribution in [3.63, 3.8) is 0 Å². The molecule has 1 N–H and O–H groups in total. The van der Waals surface area contributed by atoms with E-state index in [1.807, 2.05) is 74.5 Å². The molecule has 0 aliphatic heterocycles. The first-order valence-corrected chi connectivity index (χ1v) is 18.9. The Morgan fingerprint density at radius 2 is 1.25 bits per heavy atom. The lowest BCUT2D eigenvalue weighted by Gasteiger charge is -2.26. The number of rotatable bonds is 21. The van der Waals surface area contributed by atoms with Crippen LogP contribution in [-0.2, 0) is 26.3 Å². The van der Waals surface area contributed by atoms with Crippen LogP contribution in [-0.4, -0.2) is 31.8 Å². The van der Waals surface area contributed by atoms with E-state index in [0.29, 0.717) is 22.6 Å². The van der Waals surface area contributed by atoms with E-state index in [-0.39, 0.29) is 6.10 Å². The van der Waals surface area contributed by atoms with Crippen LogP contribution in [0, 0.1) is 13.8 Å². The fourth-order valence-corrected chi connectivity index (χ4v) is 7.27. The lowest BCUT2D eigenvalue weighted by atomic mass is 10.1. The number of aliphatic hydroxyl groups excluding tert-OH is 1. The largest absolute Gasteiger partial charge is 0.389 e. The van der Waals surface area contributed by atoms with E-state index in [1.165, 1.54) is 0 Å². The molecule has 0 saturated heterocycles. The maximum absolute atomic E-state index is 14.2. The Morgan fingerprint density at radius 3 is 1.80 bits per heavy atom. The Morgan fingerprint density at radius 1 is 0.727 bits per heavy atom. The van der Waals surface area contributed by atoms with Gasteiger partial charge in [0.1, 0.15) is 0 Å². The van der Waals surface area contributed by atoms with Gasteiger partial charge in [0.2, 0.25) is 0 Å². The normalized spacial score (nSPS) is 16.2. The summed E-state index contributed by atoms with van der Waals surface area (Å²) in [5.74, 6) is 0. The molecule has 0 spiro atoms. The molecule has 4 nitrogen and oxygen atoms in total. The highest BCUT2D eigenvalue weighted by atomic mass is 32.2. The fourth-order valence-electron chi connectivity index (χ4n) is 4.77. The van der Waals surface area contributed by atoms with Gasteiger partial charge in [-0.15, -0.1) is 0 Å². The van der Waals surface area contributed by atoms with Gasteiger partial charge in [-0.1, -0.05) is 114 Å². The van der Waals surface area contributed by atoms with Gasteiger partial charge in [-0.3, -0.25) is 0 Å². The SMILES string of the molecule is CCC/C=C/C(=C/[C@H](CCCC)OC(CCCC)/C(=C/[C@@H](O)CCCC)[S@@](=O)c1ccc(C)cc1)[S@@](=O)c1ccc(C)cc1. The van der Waals surface area contributed by atoms with E-state index in [1.54, 1.807) is 6.08 Å². The molecule has 0 aliphatic carbocycles. The van der Waals surface area contributed by atoms with E-state index in [9.17, 15) is 13.5 Å². The molecule has 244 valence electrons. The molecule has 2 aromatic carbocycles. The summed E-state index contributed by atoms with van der Waals surface area (Å²) in [6.07, 6.45) is 16.1. The second kappa shape index (κ2) is 21.6. The number of allylic oxidation sites excluding steroid dienone is 2. The Bertz CT molecular complexity index is 1230. The molecule has 0 saturated carbocycles. The van der Waals surface area contributed by atoms with E-state index in [4.69, 9.17) is 4.74 Å². The average molecular weight is 641 g/mol. The molecule has 2 aromatic rings. The third-order valence-electron chi connectivity index (χ3n) is 7.51. The monoisotopic (exact) mass is 640 g/mol. The molecular weight excluding hydrogens is 585 g/mol. The summed E-state index contributed by atoms with van der Waals surface area (Å²) in [7, 11) is -2.85. The van der Waals surface area contributed by atoms with Crippen LogP contribution in [0.4, 0.5) is 0 Å². The number of aryl methyl sites for hydroxylation is 2. The molecule has 44 heavy (non-hydrogen) atoms. The van der Waals surface area contributed by atoms with Crippen molar-refractivity contribution in [1.29, 1.82) is 0 Å². The molecule has 5 atom stereocenters. The molecule has 0 amide bonds. The molecule has 0 bridgehead atoms. The van der Waals surface area contributed by atoms with Gasteiger partial charge in [0.15, 0.2) is 0 Å². The van der Waals surface area contributed by atoms with Crippen LogP contribution in [0.3, 0.4) is 0 Å². The second-order valence-electron chi connectivity index (χ2n) is 11.6. The zero-order valence-electron chi connectivity index (χ0n) is 27.9. The number of hydrogen-bond acceptors (Lipinski definition) is 4. The summed E-state index contributed by atoms with van der Waals surface area (Å²) in [5.41, 5.74) is 2.23. The Kier molecular flexibility index (Phi) is 18.7. The zero-order chi connectivity index (χ0) is 32.3. The van der Waals surface area contributed by atoms with Crippen LogP contribution in [0.15, 0.2) is 92.4 Å². The van der Waals surface area contributed by atoms with Crippen LogP contribution in [0.25, 0.3) is 0 Å². The molecule has 6 heteroatoms. The van der Waals surface area contributed by atoms with Gasteiger partial charge in [0, 0.05) is 19.6 Å². The second-order valence-corrected chi connectivity index (χ2v) is 14.6. The molecule has 0 radical (unpaired) electrons. The summed E-state index contributed by atoms with van der Waals surface area (Å²) in [6, 6.07) is 15.6. The predicted octanol–water partition coefficient (Wildman–Crippen LogP) is 10.0. The molecule has 0 aromatic heterocycles. The summed E-state index contributed by atoms with van der Waals surface area (Å²) < 4.78 is 34.9. The van der Waals surface area contributed by atoms with Crippen molar-refractivity contribution in [3.8, 4) is 0 Å². The van der Waals surface area contributed by atoms with Gasteiger partial charge < -0.3 is 9.84 Å². The Hall–Kier alpha value is -2.12. The summed E-state index contributed by atoms with van der Waals surface area (Å²) in [5, 5.41) is 11.0. The average Bonchev–Trinajstić information content (AvgIpc) is 3.03. The van der Waals surface area contributed by atoms with Gasteiger partial charge in [-0.2, -0.15) is 0 Å². The first-order chi connectivity index (χ1) is 21.2. The van der Waals surface area contributed by atoms with E-state index >= 15 is 0 Å². The molecule has 0 aliphatic rings. The third-order valence-corrected chi connectivity index (χ3v) is 10.4. The minimum Gasteiger partial charge on any atom is -0.389 e. The fraction of sp³-hybridized carbons (Fsp3) is 0.526.